The van der Waals surface area contributed by atoms with E-state index < -0.39 is 12.0 Å². The second kappa shape index (κ2) is 11.9. The number of hydrogen-bond acceptors (Lipinski definition) is 10. The number of aromatic nitrogens is 4. The largest absolute Gasteiger partial charge is 0.488 e. The molecule has 0 unspecified atom stereocenters. The summed E-state index contributed by atoms with van der Waals surface area (Å²) in [4.78, 5) is 54.4. The van der Waals surface area contributed by atoms with E-state index >= 15 is 0 Å². The number of nitrogens with zero attached hydrogens (tertiary/aromatic N) is 5. The summed E-state index contributed by atoms with van der Waals surface area (Å²) < 4.78 is 11.0. The van der Waals surface area contributed by atoms with Crippen molar-refractivity contribution in [1.29, 1.82) is 0 Å². The lowest BCUT2D eigenvalue weighted by molar-refractivity contribution is -0.114. The predicted octanol–water partition coefficient (Wildman–Crippen LogP) is 2.47. The number of aromatic carboxylic acids is 1. The molecule has 3 heterocycles. The number of carboxylic acids is 1. The topological polar surface area (TPSA) is 181 Å². The molecule has 0 bridgehead atoms. The van der Waals surface area contributed by atoms with Crippen molar-refractivity contribution >= 4 is 41.0 Å². The maximum absolute atomic E-state index is 12.3. The Bertz CT molecular complexity index is 1310. The molecule has 4 N–H and O–H groups in total. The van der Waals surface area contributed by atoms with Crippen LogP contribution < -0.4 is 25.6 Å². The number of morpholine rings is 1. The van der Waals surface area contributed by atoms with Crippen molar-refractivity contribution in [2.75, 3.05) is 53.8 Å². The number of anilines is 4. The van der Waals surface area contributed by atoms with Gasteiger partial charge in [-0.2, -0.15) is 0 Å². The van der Waals surface area contributed by atoms with E-state index in [2.05, 4.69) is 35.9 Å². The summed E-state index contributed by atoms with van der Waals surface area (Å²) in [5, 5.41) is 17.6. The fourth-order valence-corrected chi connectivity index (χ4v) is 3.59. The molecule has 0 aliphatic carbocycles. The lowest BCUT2D eigenvalue weighted by Gasteiger charge is -2.29. The number of rotatable bonds is 8. The van der Waals surface area contributed by atoms with Crippen LogP contribution in [0.5, 0.6) is 5.75 Å². The molecule has 1 aromatic carbocycles. The number of carbonyl (C=O) groups excluding carboxylic acids is 2. The maximum atomic E-state index is 12.3. The number of benzene rings is 1. The van der Waals surface area contributed by atoms with Crippen molar-refractivity contribution in [1.82, 2.24) is 19.9 Å². The summed E-state index contributed by atoms with van der Waals surface area (Å²) in [5.74, 6) is -0.902. The average molecular weight is 523 g/mol. The molecule has 0 spiro atoms. The van der Waals surface area contributed by atoms with Gasteiger partial charge < -0.3 is 30.1 Å². The quantitative estimate of drug-likeness (QED) is 0.341. The van der Waals surface area contributed by atoms with Crippen molar-refractivity contribution < 1.29 is 29.0 Å². The summed E-state index contributed by atoms with van der Waals surface area (Å²) in [6.45, 7) is 5.36. The van der Waals surface area contributed by atoms with Gasteiger partial charge in [0.1, 0.15) is 0 Å². The molecule has 38 heavy (non-hydrogen) atoms. The molecule has 1 aliphatic rings. The Morgan fingerprint density at radius 2 is 1.63 bits per heavy atom. The van der Waals surface area contributed by atoms with Crippen molar-refractivity contribution in [3.63, 3.8) is 0 Å². The Morgan fingerprint density at radius 1 is 1.00 bits per heavy atom. The van der Waals surface area contributed by atoms with Gasteiger partial charge in [0.25, 0.3) is 0 Å². The normalized spacial score (nSPS) is 12.9. The van der Waals surface area contributed by atoms with Gasteiger partial charge in [-0.15, -0.1) is 0 Å². The molecule has 198 valence electrons. The zero-order valence-electron chi connectivity index (χ0n) is 20.7. The smallest absolute Gasteiger partial charge is 0.358 e. The highest BCUT2D eigenvalue weighted by Crippen LogP contribution is 2.32. The molecule has 14 heteroatoms. The van der Waals surface area contributed by atoms with Gasteiger partial charge in [-0.05, 0) is 31.2 Å². The van der Waals surface area contributed by atoms with Crippen LogP contribution >= 0.6 is 0 Å². The van der Waals surface area contributed by atoms with Crippen LogP contribution in [0.25, 0.3) is 11.4 Å². The Labute approximate surface area is 217 Å². The van der Waals surface area contributed by atoms with E-state index in [4.69, 9.17) is 9.47 Å². The molecule has 3 amide bonds. The molecular weight excluding hydrogens is 496 g/mol. The minimum absolute atomic E-state index is 0.0129. The van der Waals surface area contributed by atoms with Crippen LogP contribution in [-0.2, 0) is 9.53 Å². The van der Waals surface area contributed by atoms with Crippen molar-refractivity contribution in [3.05, 3.63) is 42.4 Å². The summed E-state index contributed by atoms with van der Waals surface area (Å²) >= 11 is 0. The predicted molar refractivity (Wildman–Crippen MR) is 138 cm³/mol. The Kier molecular flexibility index (Phi) is 8.23. The standard InChI is InChI=1S/C24H26N8O6/c1-3-38-19-18(22(34)35)29-20(30-21(19)32-8-10-37-11-9-32)15-12-25-23(26-13-15)31-24(36)28-17-6-4-16(5-7-17)27-14(2)33/h4-7,12-13H,3,8-11H2,1-2H3,(H,27,33)(H,34,35)(H2,25,26,28,31,36). The monoisotopic (exact) mass is 522 g/mol. The average Bonchev–Trinajstić information content (AvgIpc) is 2.90. The fraction of sp³-hybridized carbons (Fsp3) is 0.292. The van der Waals surface area contributed by atoms with Gasteiger partial charge in [-0.1, -0.05) is 0 Å². The molecule has 1 saturated heterocycles. The minimum Gasteiger partial charge on any atom is -0.488 e. The van der Waals surface area contributed by atoms with Gasteiger partial charge >= 0.3 is 12.0 Å². The second-order valence-electron chi connectivity index (χ2n) is 8.02. The molecule has 0 saturated carbocycles. The number of carbonyl (C=O) groups is 3. The molecule has 1 aliphatic heterocycles. The Balaban J connectivity index is 1.51. The summed E-state index contributed by atoms with van der Waals surface area (Å²) in [5.41, 5.74) is 1.17. The van der Waals surface area contributed by atoms with E-state index in [1.807, 2.05) is 4.90 Å². The highest BCUT2D eigenvalue weighted by atomic mass is 16.5. The maximum Gasteiger partial charge on any atom is 0.358 e. The van der Waals surface area contributed by atoms with Gasteiger partial charge in [0.05, 0.1) is 25.4 Å². The first-order valence-corrected chi connectivity index (χ1v) is 11.7. The van der Waals surface area contributed by atoms with Crippen LogP contribution in [0.4, 0.5) is 27.9 Å². The second-order valence-corrected chi connectivity index (χ2v) is 8.02. The Hall–Kier alpha value is -4.85. The van der Waals surface area contributed by atoms with Gasteiger partial charge in [-0.25, -0.2) is 29.5 Å². The number of hydrogen-bond donors (Lipinski definition) is 4. The zero-order chi connectivity index (χ0) is 27.1. The molecule has 0 atom stereocenters. The van der Waals surface area contributed by atoms with Crippen LogP contribution in [0.1, 0.15) is 24.3 Å². The molecule has 3 aromatic rings. The first-order chi connectivity index (χ1) is 18.3. The SMILES string of the molecule is CCOc1c(C(=O)O)nc(-c2cnc(NC(=O)Nc3ccc(NC(C)=O)cc3)nc2)nc1N1CCOCC1. The van der Waals surface area contributed by atoms with Crippen LogP contribution in [-0.4, -0.2) is 75.9 Å². The number of nitrogens with one attached hydrogen (secondary N) is 3. The van der Waals surface area contributed by atoms with Crippen LogP contribution in [0.15, 0.2) is 36.7 Å². The highest BCUT2D eigenvalue weighted by Gasteiger charge is 2.26. The number of carboxylic acid groups (broad SMARTS) is 1. The van der Waals surface area contributed by atoms with Gasteiger partial charge in [0.15, 0.2) is 23.1 Å². The van der Waals surface area contributed by atoms with Crippen LogP contribution in [0.3, 0.4) is 0 Å². The van der Waals surface area contributed by atoms with E-state index in [0.29, 0.717) is 49.1 Å². The fourth-order valence-electron chi connectivity index (χ4n) is 3.59. The zero-order valence-corrected chi connectivity index (χ0v) is 20.7. The Morgan fingerprint density at radius 3 is 2.21 bits per heavy atom. The van der Waals surface area contributed by atoms with Gasteiger partial charge in [-0.3, -0.25) is 10.1 Å². The van der Waals surface area contributed by atoms with E-state index in [1.165, 1.54) is 19.3 Å². The lowest BCUT2D eigenvalue weighted by atomic mass is 10.2. The minimum atomic E-state index is -1.26. The third-order valence-electron chi connectivity index (χ3n) is 5.25. The molecule has 0 radical (unpaired) electrons. The third kappa shape index (κ3) is 6.47. The molecule has 1 fully saturated rings. The van der Waals surface area contributed by atoms with E-state index in [9.17, 15) is 19.5 Å². The van der Waals surface area contributed by atoms with Crippen LogP contribution in [0, 0.1) is 0 Å². The first kappa shape index (κ1) is 26.2. The summed E-state index contributed by atoms with van der Waals surface area (Å²) in [6, 6.07) is 5.98. The van der Waals surface area contributed by atoms with Gasteiger partial charge in [0, 0.05) is 43.8 Å². The third-order valence-corrected chi connectivity index (χ3v) is 5.25. The molecule has 14 nitrogen and oxygen atoms in total. The molecule has 4 rings (SSSR count). The van der Waals surface area contributed by atoms with Crippen molar-refractivity contribution in [3.8, 4) is 17.1 Å². The molecular formula is C24H26N8O6. The molecule has 2 aromatic heterocycles. The van der Waals surface area contributed by atoms with Crippen molar-refractivity contribution in [2.45, 2.75) is 13.8 Å². The van der Waals surface area contributed by atoms with E-state index in [0.717, 1.165) is 0 Å². The van der Waals surface area contributed by atoms with E-state index in [-0.39, 0.29) is 35.7 Å². The van der Waals surface area contributed by atoms with Gasteiger partial charge in [0.2, 0.25) is 11.9 Å². The number of amides is 3. The highest BCUT2D eigenvalue weighted by molar-refractivity contribution is 5.99. The summed E-state index contributed by atoms with van der Waals surface area (Å²) in [6.07, 6.45) is 2.77. The first-order valence-electron chi connectivity index (χ1n) is 11.7. The number of urea groups is 1. The summed E-state index contributed by atoms with van der Waals surface area (Å²) in [7, 11) is 0. The van der Waals surface area contributed by atoms with E-state index in [1.54, 1.807) is 31.2 Å². The van der Waals surface area contributed by atoms with Crippen LogP contribution in [0.2, 0.25) is 0 Å². The van der Waals surface area contributed by atoms with Crippen molar-refractivity contribution in [2.24, 2.45) is 0 Å². The lowest BCUT2D eigenvalue weighted by Crippen LogP contribution is -2.37. The number of ether oxygens (including phenoxy) is 2.